The molecule has 2 atom stereocenters. The first-order valence-electron chi connectivity index (χ1n) is 8.41. The van der Waals surface area contributed by atoms with Gasteiger partial charge in [0.25, 0.3) is 0 Å². The molecule has 0 amide bonds. The molecular formula is C20H24FNO2. The molecule has 0 bridgehead atoms. The van der Waals surface area contributed by atoms with Crippen LogP contribution in [0.25, 0.3) is 0 Å². The van der Waals surface area contributed by atoms with Crippen LogP contribution in [0.4, 0.5) is 4.39 Å². The monoisotopic (exact) mass is 329 g/mol. The van der Waals surface area contributed by atoms with E-state index in [0.29, 0.717) is 5.92 Å². The Morgan fingerprint density at radius 1 is 1.12 bits per heavy atom. The lowest BCUT2D eigenvalue weighted by atomic mass is 9.81. The molecule has 0 aliphatic carbocycles. The third-order valence-corrected chi connectivity index (χ3v) is 4.92. The van der Waals surface area contributed by atoms with Crippen molar-refractivity contribution in [2.24, 2.45) is 5.92 Å². The van der Waals surface area contributed by atoms with Crippen molar-refractivity contribution in [3.05, 3.63) is 65.5 Å². The zero-order chi connectivity index (χ0) is 16.9. The van der Waals surface area contributed by atoms with Crippen molar-refractivity contribution in [2.75, 3.05) is 26.8 Å². The number of halogens is 1. The molecule has 0 spiro atoms. The van der Waals surface area contributed by atoms with Crippen LogP contribution in [0.1, 0.15) is 23.5 Å². The highest BCUT2D eigenvalue weighted by atomic mass is 19.1. The first-order chi connectivity index (χ1) is 11.7. The number of piperidine rings is 1. The topological polar surface area (TPSA) is 32.7 Å². The van der Waals surface area contributed by atoms with E-state index in [-0.39, 0.29) is 18.3 Å². The van der Waals surface area contributed by atoms with E-state index in [0.717, 1.165) is 37.4 Å². The van der Waals surface area contributed by atoms with Crippen LogP contribution < -0.4 is 4.74 Å². The minimum absolute atomic E-state index is 0.154. The Hall–Kier alpha value is -1.91. The third kappa shape index (κ3) is 3.94. The fourth-order valence-electron chi connectivity index (χ4n) is 3.57. The van der Waals surface area contributed by atoms with Crippen molar-refractivity contribution in [1.82, 2.24) is 4.90 Å². The predicted octanol–water partition coefficient (Wildman–Crippen LogP) is 3.43. The van der Waals surface area contributed by atoms with Gasteiger partial charge in [0, 0.05) is 25.6 Å². The Labute approximate surface area is 142 Å². The molecule has 2 aromatic rings. The maximum Gasteiger partial charge on any atom is 0.123 e. The SMILES string of the molecule is COc1ccc(CN2CCC(c3ccc(F)cc3)C(CO)C2)cc1. The lowest BCUT2D eigenvalue weighted by Crippen LogP contribution is -2.40. The summed E-state index contributed by atoms with van der Waals surface area (Å²) in [6, 6.07) is 14.8. The van der Waals surface area contributed by atoms with Gasteiger partial charge in [0.2, 0.25) is 0 Å². The summed E-state index contributed by atoms with van der Waals surface area (Å²) in [5.41, 5.74) is 2.37. The van der Waals surface area contributed by atoms with Crippen LogP contribution >= 0.6 is 0 Å². The number of aliphatic hydroxyl groups is 1. The Morgan fingerprint density at radius 2 is 1.83 bits per heavy atom. The Bertz CT molecular complexity index is 642. The van der Waals surface area contributed by atoms with E-state index >= 15 is 0 Å². The molecule has 128 valence electrons. The van der Waals surface area contributed by atoms with E-state index in [4.69, 9.17) is 4.74 Å². The zero-order valence-electron chi connectivity index (χ0n) is 14.0. The van der Waals surface area contributed by atoms with Crippen LogP contribution in [0.2, 0.25) is 0 Å². The summed E-state index contributed by atoms with van der Waals surface area (Å²) >= 11 is 0. The number of nitrogens with zero attached hydrogens (tertiary/aromatic N) is 1. The molecule has 4 heteroatoms. The van der Waals surface area contributed by atoms with Crippen molar-refractivity contribution >= 4 is 0 Å². The molecule has 24 heavy (non-hydrogen) atoms. The van der Waals surface area contributed by atoms with Crippen LogP contribution in [-0.2, 0) is 6.54 Å². The van der Waals surface area contributed by atoms with Crippen molar-refractivity contribution in [1.29, 1.82) is 0 Å². The minimum Gasteiger partial charge on any atom is -0.497 e. The summed E-state index contributed by atoms with van der Waals surface area (Å²) in [7, 11) is 1.67. The normalized spacial score (nSPS) is 21.6. The largest absolute Gasteiger partial charge is 0.497 e. The number of hydrogen-bond donors (Lipinski definition) is 1. The summed E-state index contributed by atoms with van der Waals surface area (Å²) in [5.74, 6) is 1.13. The molecule has 2 unspecified atom stereocenters. The van der Waals surface area contributed by atoms with Gasteiger partial charge in [-0.3, -0.25) is 4.90 Å². The molecule has 0 saturated carbocycles. The zero-order valence-corrected chi connectivity index (χ0v) is 14.0. The number of benzene rings is 2. The Balaban J connectivity index is 1.64. The maximum absolute atomic E-state index is 13.1. The fourth-order valence-corrected chi connectivity index (χ4v) is 3.57. The molecule has 0 aromatic heterocycles. The molecule has 1 aliphatic rings. The maximum atomic E-state index is 13.1. The highest BCUT2D eigenvalue weighted by Crippen LogP contribution is 2.33. The molecule has 3 nitrogen and oxygen atoms in total. The van der Waals surface area contributed by atoms with E-state index in [1.165, 1.54) is 17.7 Å². The van der Waals surface area contributed by atoms with Gasteiger partial charge in [-0.05, 0) is 54.3 Å². The first kappa shape index (κ1) is 16.9. The summed E-state index contributed by atoms with van der Waals surface area (Å²) in [6.07, 6.45) is 0.979. The van der Waals surface area contributed by atoms with Gasteiger partial charge in [-0.15, -0.1) is 0 Å². The lowest BCUT2D eigenvalue weighted by molar-refractivity contribution is 0.0972. The standard InChI is InChI=1S/C20H24FNO2/c1-24-19-8-2-15(3-9-19)12-22-11-10-20(17(13-22)14-23)16-4-6-18(21)7-5-16/h2-9,17,20,23H,10-14H2,1H3. The number of hydrogen-bond acceptors (Lipinski definition) is 3. The van der Waals surface area contributed by atoms with Gasteiger partial charge < -0.3 is 9.84 Å². The van der Waals surface area contributed by atoms with Gasteiger partial charge in [-0.25, -0.2) is 4.39 Å². The average molecular weight is 329 g/mol. The first-order valence-corrected chi connectivity index (χ1v) is 8.41. The van der Waals surface area contributed by atoms with Gasteiger partial charge in [0.15, 0.2) is 0 Å². The van der Waals surface area contributed by atoms with Crippen LogP contribution in [0.5, 0.6) is 5.75 Å². The molecule has 0 radical (unpaired) electrons. The molecule has 1 aliphatic heterocycles. The van der Waals surface area contributed by atoms with Crippen LogP contribution in [0.3, 0.4) is 0 Å². The highest BCUT2D eigenvalue weighted by molar-refractivity contribution is 5.27. The molecule has 1 N–H and O–H groups in total. The van der Waals surface area contributed by atoms with Gasteiger partial charge in [-0.2, -0.15) is 0 Å². The second-order valence-electron chi connectivity index (χ2n) is 6.47. The number of likely N-dealkylation sites (tertiary alicyclic amines) is 1. The van der Waals surface area contributed by atoms with Gasteiger partial charge >= 0.3 is 0 Å². The molecule has 3 rings (SSSR count). The second-order valence-corrected chi connectivity index (χ2v) is 6.47. The average Bonchev–Trinajstić information content (AvgIpc) is 2.63. The lowest BCUT2D eigenvalue weighted by Gasteiger charge is -2.38. The summed E-state index contributed by atoms with van der Waals surface area (Å²) in [4.78, 5) is 2.38. The Kier molecular flexibility index (Phi) is 5.48. The smallest absolute Gasteiger partial charge is 0.123 e. The van der Waals surface area contributed by atoms with Gasteiger partial charge in [0.05, 0.1) is 7.11 Å². The van der Waals surface area contributed by atoms with Crippen molar-refractivity contribution in [2.45, 2.75) is 18.9 Å². The van der Waals surface area contributed by atoms with Crippen molar-refractivity contribution in [3.8, 4) is 5.75 Å². The fraction of sp³-hybridized carbons (Fsp3) is 0.400. The van der Waals surface area contributed by atoms with E-state index in [2.05, 4.69) is 17.0 Å². The summed E-state index contributed by atoms with van der Waals surface area (Å²) < 4.78 is 18.3. The third-order valence-electron chi connectivity index (χ3n) is 4.92. The highest BCUT2D eigenvalue weighted by Gasteiger charge is 2.29. The molecule has 2 aromatic carbocycles. The van der Waals surface area contributed by atoms with Crippen LogP contribution in [-0.4, -0.2) is 36.8 Å². The predicted molar refractivity (Wildman–Crippen MR) is 92.6 cm³/mol. The van der Waals surface area contributed by atoms with Gasteiger partial charge in [0.1, 0.15) is 11.6 Å². The molecule has 1 saturated heterocycles. The quantitative estimate of drug-likeness (QED) is 0.912. The van der Waals surface area contributed by atoms with E-state index in [1.54, 1.807) is 7.11 Å². The minimum atomic E-state index is -0.212. The molecule has 1 heterocycles. The second kappa shape index (κ2) is 7.77. The van der Waals surface area contributed by atoms with E-state index in [1.807, 2.05) is 24.3 Å². The van der Waals surface area contributed by atoms with Gasteiger partial charge in [-0.1, -0.05) is 24.3 Å². The van der Waals surface area contributed by atoms with Crippen molar-refractivity contribution in [3.63, 3.8) is 0 Å². The van der Waals surface area contributed by atoms with Crippen molar-refractivity contribution < 1.29 is 14.2 Å². The van der Waals surface area contributed by atoms with Crippen LogP contribution in [0.15, 0.2) is 48.5 Å². The number of ether oxygens (including phenoxy) is 1. The number of aliphatic hydroxyl groups excluding tert-OH is 1. The summed E-state index contributed by atoms with van der Waals surface area (Å²) in [6.45, 7) is 2.85. The summed E-state index contributed by atoms with van der Waals surface area (Å²) in [5, 5.41) is 9.81. The Morgan fingerprint density at radius 3 is 2.46 bits per heavy atom. The molecular weight excluding hydrogens is 305 g/mol. The number of rotatable bonds is 5. The van der Waals surface area contributed by atoms with E-state index in [9.17, 15) is 9.50 Å². The molecule has 1 fully saturated rings. The van der Waals surface area contributed by atoms with E-state index < -0.39 is 0 Å². The number of methoxy groups -OCH3 is 1. The van der Waals surface area contributed by atoms with Crippen LogP contribution in [0, 0.1) is 11.7 Å².